The second-order valence-corrected chi connectivity index (χ2v) is 5.82. The molecule has 0 saturated carbocycles. The highest BCUT2D eigenvalue weighted by Gasteiger charge is 2.10. The molecule has 1 nitrogen and oxygen atoms in total. The maximum absolute atomic E-state index is 13.5. The molecule has 1 atom stereocenters. The first-order chi connectivity index (χ1) is 7.67. The lowest BCUT2D eigenvalue weighted by atomic mass is 10.1. The molecule has 1 N–H and O–H groups in total. The molecule has 4 heteroatoms. The van der Waals surface area contributed by atoms with Gasteiger partial charge in [0.2, 0.25) is 0 Å². The van der Waals surface area contributed by atoms with Gasteiger partial charge in [-0.2, -0.15) is 11.8 Å². The fourth-order valence-corrected chi connectivity index (χ4v) is 2.68. The Morgan fingerprint density at radius 2 is 2.25 bits per heavy atom. The van der Waals surface area contributed by atoms with Gasteiger partial charge in [-0.05, 0) is 43.0 Å². The van der Waals surface area contributed by atoms with Crippen LogP contribution in [-0.4, -0.2) is 24.6 Å². The van der Waals surface area contributed by atoms with Crippen molar-refractivity contribution >= 4 is 27.7 Å². The summed E-state index contributed by atoms with van der Waals surface area (Å²) in [4.78, 5) is 0. The van der Waals surface area contributed by atoms with Crippen molar-refractivity contribution in [2.24, 2.45) is 0 Å². The van der Waals surface area contributed by atoms with Crippen LogP contribution in [-0.2, 0) is 6.42 Å². The fourth-order valence-electron chi connectivity index (χ4n) is 1.47. The van der Waals surface area contributed by atoms with Crippen molar-refractivity contribution in [2.45, 2.75) is 19.4 Å². The summed E-state index contributed by atoms with van der Waals surface area (Å²) < 4.78 is 14.5. The van der Waals surface area contributed by atoms with E-state index >= 15 is 0 Å². The number of benzene rings is 1. The molecule has 0 radical (unpaired) electrons. The van der Waals surface area contributed by atoms with E-state index in [4.69, 9.17) is 0 Å². The van der Waals surface area contributed by atoms with Crippen molar-refractivity contribution < 1.29 is 4.39 Å². The minimum Gasteiger partial charge on any atom is -0.316 e. The van der Waals surface area contributed by atoms with Crippen LogP contribution >= 0.6 is 27.7 Å². The van der Waals surface area contributed by atoms with Crippen molar-refractivity contribution in [3.63, 3.8) is 0 Å². The van der Waals surface area contributed by atoms with Crippen LogP contribution in [0.25, 0.3) is 0 Å². The minimum absolute atomic E-state index is 0.120. The highest BCUT2D eigenvalue weighted by Crippen LogP contribution is 2.18. The molecule has 0 heterocycles. The second kappa shape index (κ2) is 7.30. The molecule has 0 amide bonds. The molecule has 0 aliphatic rings. The summed E-state index contributed by atoms with van der Waals surface area (Å²) in [6.45, 7) is 2.14. The van der Waals surface area contributed by atoms with E-state index in [0.29, 0.717) is 6.04 Å². The summed E-state index contributed by atoms with van der Waals surface area (Å²) in [5, 5.41) is 3.23. The lowest BCUT2D eigenvalue weighted by Crippen LogP contribution is -2.30. The molecule has 1 aromatic rings. The Morgan fingerprint density at radius 3 is 2.88 bits per heavy atom. The Balaban J connectivity index is 2.65. The highest BCUT2D eigenvalue weighted by atomic mass is 79.9. The van der Waals surface area contributed by atoms with Crippen LogP contribution in [0.5, 0.6) is 0 Å². The van der Waals surface area contributed by atoms with E-state index in [0.717, 1.165) is 28.0 Å². The molecule has 0 fully saturated rings. The molecule has 1 rings (SSSR count). The van der Waals surface area contributed by atoms with E-state index in [-0.39, 0.29) is 5.82 Å². The molecular weight excluding hydrogens is 289 g/mol. The van der Waals surface area contributed by atoms with Crippen molar-refractivity contribution in [1.29, 1.82) is 0 Å². The van der Waals surface area contributed by atoms with Gasteiger partial charge >= 0.3 is 0 Å². The van der Waals surface area contributed by atoms with Crippen molar-refractivity contribution in [1.82, 2.24) is 5.32 Å². The highest BCUT2D eigenvalue weighted by molar-refractivity contribution is 9.10. The predicted octanol–water partition coefficient (Wildman–Crippen LogP) is 3.47. The van der Waals surface area contributed by atoms with Gasteiger partial charge in [-0.15, -0.1) is 0 Å². The van der Waals surface area contributed by atoms with Gasteiger partial charge in [0.05, 0.1) is 0 Å². The summed E-state index contributed by atoms with van der Waals surface area (Å²) in [6.07, 6.45) is 0.731. The SMILES string of the molecule is CCSCC(Cc1cc(Br)ccc1F)NC. The Bertz CT molecular complexity index is 333. The van der Waals surface area contributed by atoms with Crippen LogP contribution in [0.2, 0.25) is 0 Å². The van der Waals surface area contributed by atoms with Gasteiger partial charge < -0.3 is 5.32 Å². The normalized spacial score (nSPS) is 12.8. The summed E-state index contributed by atoms with van der Waals surface area (Å²) in [6, 6.07) is 5.43. The minimum atomic E-state index is -0.120. The van der Waals surface area contributed by atoms with E-state index in [2.05, 4.69) is 28.2 Å². The van der Waals surface area contributed by atoms with Gasteiger partial charge in [-0.25, -0.2) is 4.39 Å². The Morgan fingerprint density at radius 1 is 1.50 bits per heavy atom. The third kappa shape index (κ3) is 4.44. The van der Waals surface area contributed by atoms with Gasteiger partial charge in [0.15, 0.2) is 0 Å². The third-order valence-corrected chi connectivity index (χ3v) is 3.95. The Labute approximate surface area is 109 Å². The Hall–Kier alpha value is -0.0600. The molecule has 0 aliphatic carbocycles. The molecule has 1 aromatic carbocycles. The van der Waals surface area contributed by atoms with Crippen LogP contribution in [0.3, 0.4) is 0 Å². The second-order valence-electron chi connectivity index (χ2n) is 3.58. The zero-order valence-corrected chi connectivity index (χ0v) is 12.0. The molecule has 90 valence electrons. The van der Waals surface area contributed by atoms with E-state index in [1.165, 1.54) is 6.07 Å². The predicted molar refractivity (Wildman–Crippen MR) is 73.7 cm³/mol. The van der Waals surface area contributed by atoms with E-state index in [1.807, 2.05) is 24.9 Å². The van der Waals surface area contributed by atoms with Gasteiger partial charge in [0.1, 0.15) is 5.82 Å². The number of thioether (sulfide) groups is 1. The molecule has 0 bridgehead atoms. The smallest absolute Gasteiger partial charge is 0.126 e. The summed E-state index contributed by atoms with van der Waals surface area (Å²) in [5.41, 5.74) is 0.769. The van der Waals surface area contributed by atoms with Crippen LogP contribution in [0, 0.1) is 5.82 Å². The van der Waals surface area contributed by atoms with Crippen LogP contribution in [0.15, 0.2) is 22.7 Å². The lowest BCUT2D eigenvalue weighted by molar-refractivity contribution is 0.568. The topological polar surface area (TPSA) is 12.0 Å². The van der Waals surface area contributed by atoms with Gasteiger partial charge in [-0.3, -0.25) is 0 Å². The molecule has 0 aromatic heterocycles. The van der Waals surface area contributed by atoms with Crippen LogP contribution in [0.1, 0.15) is 12.5 Å². The summed E-state index contributed by atoms with van der Waals surface area (Å²) in [7, 11) is 1.93. The maximum atomic E-state index is 13.5. The molecule has 0 aliphatic heterocycles. The monoisotopic (exact) mass is 305 g/mol. The number of rotatable bonds is 6. The molecule has 16 heavy (non-hydrogen) atoms. The molecule has 0 saturated heterocycles. The first-order valence-electron chi connectivity index (χ1n) is 5.36. The largest absolute Gasteiger partial charge is 0.316 e. The fraction of sp³-hybridized carbons (Fsp3) is 0.500. The first kappa shape index (κ1) is 14.0. The van der Waals surface area contributed by atoms with Crippen molar-refractivity contribution in [2.75, 3.05) is 18.6 Å². The van der Waals surface area contributed by atoms with E-state index < -0.39 is 0 Å². The van der Waals surface area contributed by atoms with Crippen LogP contribution < -0.4 is 5.32 Å². The molecular formula is C12H17BrFNS. The summed E-state index contributed by atoms with van der Waals surface area (Å²) in [5.74, 6) is 1.99. The van der Waals surface area contributed by atoms with Gasteiger partial charge in [-0.1, -0.05) is 22.9 Å². The number of likely N-dealkylation sites (N-methyl/N-ethyl adjacent to an activating group) is 1. The Kier molecular flexibility index (Phi) is 6.39. The van der Waals surface area contributed by atoms with Gasteiger partial charge in [0.25, 0.3) is 0 Å². The number of hydrogen-bond acceptors (Lipinski definition) is 2. The average molecular weight is 306 g/mol. The van der Waals surface area contributed by atoms with Crippen molar-refractivity contribution in [3.8, 4) is 0 Å². The summed E-state index contributed by atoms with van der Waals surface area (Å²) >= 11 is 5.24. The standard InChI is InChI=1S/C12H17BrFNS/c1-3-16-8-11(15-2)7-9-6-10(13)4-5-12(9)14/h4-6,11,15H,3,7-8H2,1-2H3. The average Bonchev–Trinajstić information content (AvgIpc) is 2.28. The van der Waals surface area contributed by atoms with Gasteiger partial charge in [0, 0.05) is 16.3 Å². The first-order valence-corrected chi connectivity index (χ1v) is 7.31. The molecule has 0 spiro atoms. The maximum Gasteiger partial charge on any atom is 0.126 e. The number of nitrogens with one attached hydrogen (secondary N) is 1. The van der Waals surface area contributed by atoms with Crippen molar-refractivity contribution in [3.05, 3.63) is 34.1 Å². The quantitative estimate of drug-likeness (QED) is 0.863. The number of hydrogen-bond donors (Lipinski definition) is 1. The van der Waals surface area contributed by atoms with E-state index in [1.54, 1.807) is 6.07 Å². The molecule has 1 unspecified atom stereocenters. The zero-order chi connectivity index (χ0) is 12.0. The van der Waals surface area contributed by atoms with E-state index in [9.17, 15) is 4.39 Å². The lowest BCUT2D eigenvalue weighted by Gasteiger charge is -2.16. The zero-order valence-electron chi connectivity index (χ0n) is 9.59. The third-order valence-electron chi connectivity index (χ3n) is 2.41. The number of halogens is 2. The van der Waals surface area contributed by atoms with Crippen LogP contribution in [0.4, 0.5) is 4.39 Å².